The molecule has 0 radical (unpaired) electrons. The first-order valence-corrected chi connectivity index (χ1v) is 8.16. The maximum atomic E-state index is 2.45. The molecule has 0 aliphatic carbocycles. The lowest BCUT2D eigenvalue weighted by Crippen LogP contribution is -1.95. The maximum Gasteiger partial charge on any atom is -0.0443 e. The van der Waals surface area contributed by atoms with E-state index >= 15 is 0 Å². The molecule has 0 aliphatic rings. The summed E-state index contributed by atoms with van der Waals surface area (Å²) in [6, 6.07) is 0. The topological polar surface area (TPSA) is 0 Å². The highest BCUT2D eigenvalue weighted by atomic mass is 14.1. The second kappa shape index (κ2) is 12.5. The van der Waals surface area contributed by atoms with Crippen LogP contribution in [0.4, 0.5) is 0 Å². The molecule has 1 unspecified atom stereocenters. The van der Waals surface area contributed by atoms with E-state index in [1.165, 1.54) is 70.6 Å². The van der Waals surface area contributed by atoms with Gasteiger partial charge in [0.25, 0.3) is 0 Å². The van der Waals surface area contributed by atoms with Gasteiger partial charge in [-0.3, -0.25) is 0 Å². The fraction of sp³-hybridized carbons (Fsp3) is 1.00. The van der Waals surface area contributed by atoms with Gasteiger partial charge in [-0.1, -0.05) is 98.3 Å². The van der Waals surface area contributed by atoms with Crippen LogP contribution in [0, 0.1) is 11.8 Å². The van der Waals surface area contributed by atoms with Gasteiger partial charge >= 0.3 is 0 Å². The van der Waals surface area contributed by atoms with Crippen LogP contribution in [0.5, 0.6) is 0 Å². The first-order valence-electron chi connectivity index (χ1n) is 8.16. The standard InChI is InChI=1S/C17H36/c1-5-6-7-8-11-14-17(4)15-12-9-10-13-16(2)3/h16-17H,5-15H2,1-4H3. The first-order chi connectivity index (χ1) is 8.16. The molecule has 0 spiro atoms. The Bertz CT molecular complexity index is 137. The Morgan fingerprint density at radius 3 is 1.59 bits per heavy atom. The summed E-state index contributed by atoms with van der Waals surface area (Å²) < 4.78 is 0. The van der Waals surface area contributed by atoms with Gasteiger partial charge in [0.15, 0.2) is 0 Å². The molecule has 0 bridgehead atoms. The molecule has 0 amide bonds. The fourth-order valence-electron chi connectivity index (χ4n) is 2.46. The summed E-state index contributed by atoms with van der Waals surface area (Å²) in [5.41, 5.74) is 0. The molecular weight excluding hydrogens is 204 g/mol. The second-order valence-electron chi connectivity index (χ2n) is 6.34. The van der Waals surface area contributed by atoms with Crippen molar-refractivity contribution >= 4 is 0 Å². The molecule has 0 nitrogen and oxygen atoms in total. The van der Waals surface area contributed by atoms with Crippen LogP contribution in [-0.2, 0) is 0 Å². The highest BCUT2D eigenvalue weighted by molar-refractivity contribution is 4.56. The van der Waals surface area contributed by atoms with Crippen LogP contribution in [0.2, 0.25) is 0 Å². The number of rotatable bonds is 12. The summed E-state index contributed by atoms with van der Waals surface area (Å²) in [6.07, 6.45) is 15.9. The van der Waals surface area contributed by atoms with Gasteiger partial charge in [-0.25, -0.2) is 0 Å². The SMILES string of the molecule is CCCCCCCC(C)CCCCCC(C)C. The molecule has 0 aliphatic heterocycles. The van der Waals surface area contributed by atoms with E-state index < -0.39 is 0 Å². The second-order valence-corrected chi connectivity index (χ2v) is 6.34. The summed E-state index contributed by atoms with van der Waals surface area (Å²) in [5, 5.41) is 0. The highest BCUT2D eigenvalue weighted by Crippen LogP contribution is 2.18. The fourth-order valence-corrected chi connectivity index (χ4v) is 2.46. The zero-order valence-electron chi connectivity index (χ0n) is 12.9. The van der Waals surface area contributed by atoms with E-state index in [9.17, 15) is 0 Å². The minimum atomic E-state index is 0.894. The molecule has 0 heterocycles. The van der Waals surface area contributed by atoms with Crippen LogP contribution < -0.4 is 0 Å². The van der Waals surface area contributed by atoms with Crippen LogP contribution in [-0.4, -0.2) is 0 Å². The summed E-state index contributed by atoms with van der Waals surface area (Å²) in [7, 11) is 0. The summed E-state index contributed by atoms with van der Waals surface area (Å²) in [6.45, 7) is 9.40. The molecule has 0 aromatic rings. The van der Waals surface area contributed by atoms with Crippen molar-refractivity contribution < 1.29 is 0 Å². The smallest absolute Gasteiger partial charge is 0.0443 e. The lowest BCUT2D eigenvalue weighted by molar-refractivity contribution is 0.426. The van der Waals surface area contributed by atoms with Crippen LogP contribution >= 0.6 is 0 Å². The van der Waals surface area contributed by atoms with E-state index in [1.807, 2.05) is 0 Å². The third kappa shape index (κ3) is 13.9. The van der Waals surface area contributed by atoms with E-state index in [2.05, 4.69) is 27.7 Å². The van der Waals surface area contributed by atoms with Gasteiger partial charge in [0.1, 0.15) is 0 Å². The van der Waals surface area contributed by atoms with E-state index in [0.717, 1.165) is 11.8 Å². The van der Waals surface area contributed by atoms with Gasteiger partial charge < -0.3 is 0 Å². The van der Waals surface area contributed by atoms with Gasteiger partial charge in [-0.05, 0) is 11.8 Å². The van der Waals surface area contributed by atoms with Gasteiger partial charge in [-0.2, -0.15) is 0 Å². The third-order valence-corrected chi connectivity index (χ3v) is 3.78. The molecule has 104 valence electrons. The molecule has 0 saturated heterocycles. The van der Waals surface area contributed by atoms with Crippen molar-refractivity contribution in [1.82, 2.24) is 0 Å². The van der Waals surface area contributed by atoms with Crippen molar-refractivity contribution in [3.8, 4) is 0 Å². The van der Waals surface area contributed by atoms with Crippen LogP contribution in [0.3, 0.4) is 0 Å². The summed E-state index contributed by atoms with van der Waals surface area (Å²) >= 11 is 0. The van der Waals surface area contributed by atoms with Gasteiger partial charge in [0.2, 0.25) is 0 Å². The van der Waals surface area contributed by atoms with E-state index in [0.29, 0.717) is 0 Å². The Balaban J connectivity index is 3.14. The number of hydrogen-bond donors (Lipinski definition) is 0. The highest BCUT2D eigenvalue weighted by Gasteiger charge is 2.02. The summed E-state index contributed by atoms with van der Waals surface area (Å²) in [4.78, 5) is 0. The average Bonchev–Trinajstić information content (AvgIpc) is 2.28. The Morgan fingerprint density at radius 2 is 1.06 bits per heavy atom. The molecule has 0 fully saturated rings. The Hall–Kier alpha value is 0. The lowest BCUT2D eigenvalue weighted by Gasteiger charge is -2.11. The van der Waals surface area contributed by atoms with E-state index in [1.54, 1.807) is 0 Å². The lowest BCUT2D eigenvalue weighted by atomic mass is 9.95. The first kappa shape index (κ1) is 17.0. The Labute approximate surface area is 111 Å². The quantitative estimate of drug-likeness (QED) is 0.338. The third-order valence-electron chi connectivity index (χ3n) is 3.78. The number of unbranched alkanes of at least 4 members (excludes halogenated alkanes) is 6. The predicted molar refractivity (Wildman–Crippen MR) is 80.5 cm³/mol. The van der Waals surface area contributed by atoms with Crippen molar-refractivity contribution in [2.75, 3.05) is 0 Å². The molecule has 1 atom stereocenters. The van der Waals surface area contributed by atoms with Crippen molar-refractivity contribution in [2.45, 2.75) is 98.3 Å². The predicted octanol–water partition coefficient (Wildman–Crippen LogP) is 6.59. The van der Waals surface area contributed by atoms with Crippen molar-refractivity contribution in [3.05, 3.63) is 0 Å². The molecule has 0 heteroatoms. The van der Waals surface area contributed by atoms with Crippen LogP contribution in [0.25, 0.3) is 0 Å². The molecule has 0 rings (SSSR count). The van der Waals surface area contributed by atoms with E-state index in [4.69, 9.17) is 0 Å². The van der Waals surface area contributed by atoms with E-state index in [-0.39, 0.29) is 0 Å². The molecule has 17 heavy (non-hydrogen) atoms. The van der Waals surface area contributed by atoms with Crippen molar-refractivity contribution in [2.24, 2.45) is 11.8 Å². The van der Waals surface area contributed by atoms with Gasteiger partial charge in [0.05, 0.1) is 0 Å². The monoisotopic (exact) mass is 240 g/mol. The Kier molecular flexibility index (Phi) is 12.5. The van der Waals surface area contributed by atoms with Gasteiger partial charge in [0, 0.05) is 0 Å². The zero-order valence-corrected chi connectivity index (χ0v) is 12.9. The minimum absolute atomic E-state index is 0.894. The largest absolute Gasteiger partial charge is 0.0654 e. The van der Waals surface area contributed by atoms with Crippen molar-refractivity contribution in [1.29, 1.82) is 0 Å². The van der Waals surface area contributed by atoms with Gasteiger partial charge in [-0.15, -0.1) is 0 Å². The molecule has 0 saturated carbocycles. The Morgan fingerprint density at radius 1 is 0.588 bits per heavy atom. The molecule has 0 aromatic heterocycles. The van der Waals surface area contributed by atoms with Crippen molar-refractivity contribution in [3.63, 3.8) is 0 Å². The minimum Gasteiger partial charge on any atom is -0.0654 e. The maximum absolute atomic E-state index is 2.45. The summed E-state index contributed by atoms with van der Waals surface area (Å²) in [5.74, 6) is 1.86. The van der Waals surface area contributed by atoms with Crippen LogP contribution in [0.1, 0.15) is 98.3 Å². The molecule has 0 N–H and O–H groups in total. The molecular formula is C17H36. The molecule has 0 aromatic carbocycles. The average molecular weight is 240 g/mol. The number of hydrogen-bond acceptors (Lipinski definition) is 0. The van der Waals surface area contributed by atoms with Crippen LogP contribution in [0.15, 0.2) is 0 Å². The normalized spacial score (nSPS) is 13.2. The zero-order chi connectivity index (χ0) is 12.9.